The van der Waals surface area contributed by atoms with Crippen LogP contribution in [0.25, 0.3) is 0 Å². The lowest BCUT2D eigenvalue weighted by molar-refractivity contribution is 0.0994. The van der Waals surface area contributed by atoms with Gasteiger partial charge in [-0.25, -0.2) is 0 Å². The second-order valence-electron chi connectivity index (χ2n) is 3.74. The molecule has 0 atom stereocenters. The summed E-state index contributed by atoms with van der Waals surface area (Å²) < 4.78 is 10.4. The number of hydrogen-bond donors (Lipinski definition) is 1. The first-order chi connectivity index (χ1) is 8.67. The average Bonchev–Trinajstić information content (AvgIpc) is 2.96. The summed E-state index contributed by atoms with van der Waals surface area (Å²) in [5.74, 6) is 0.552. The minimum Gasteiger partial charge on any atom is -0.459 e. The van der Waals surface area contributed by atoms with Crippen LogP contribution in [0.2, 0.25) is 0 Å². The number of amides is 1. The summed E-state index contributed by atoms with van der Waals surface area (Å²) >= 11 is 0. The molecule has 5 nitrogen and oxygen atoms in total. The summed E-state index contributed by atoms with van der Waals surface area (Å²) in [6.07, 6.45) is 2.08. The molecule has 0 aliphatic heterocycles. The highest BCUT2D eigenvalue weighted by Gasteiger charge is 2.19. The molecule has 0 spiro atoms. The van der Waals surface area contributed by atoms with Gasteiger partial charge >= 0.3 is 0 Å². The summed E-state index contributed by atoms with van der Waals surface area (Å²) in [6.45, 7) is 3.69. The molecule has 1 amide bonds. The number of aryl methyl sites for hydroxylation is 1. The van der Waals surface area contributed by atoms with E-state index >= 15 is 0 Å². The summed E-state index contributed by atoms with van der Waals surface area (Å²) in [7, 11) is 0. The number of rotatable bonds is 3. The van der Waals surface area contributed by atoms with Crippen LogP contribution in [0.5, 0.6) is 0 Å². The molecule has 0 aliphatic rings. The van der Waals surface area contributed by atoms with Crippen LogP contribution in [0.1, 0.15) is 34.4 Å². The first-order valence-corrected chi connectivity index (χ1v) is 5.54. The minimum absolute atomic E-state index is 0.172. The van der Waals surface area contributed by atoms with E-state index in [2.05, 4.69) is 5.32 Å². The highest BCUT2D eigenvalue weighted by atomic mass is 16.4. The molecule has 0 unspecified atom stereocenters. The molecule has 2 aromatic heterocycles. The largest absolute Gasteiger partial charge is 0.459 e. The van der Waals surface area contributed by atoms with Crippen LogP contribution >= 0.6 is 0 Å². The number of carbonyl (C=O) groups excluding carboxylic acids is 1. The zero-order valence-corrected chi connectivity index (χ0v) is 10.1. The monoisotopic (exact) mass is 244 g/mol. The van der Waals surface area contributed by atoms with Crippen molar-refractivity contribution in [3.05, 3.63) is 41.0 Å². The Morgan fingerprint density at radius 1 is 1.56 bits per heavy atom. The Labute approximate surface area is 104 Å². The molecule has 0 aliphatic carbocycles. The molecule has 2 heterocycles. The van der Waals surface area contributed by atoms with Crippen molar-refractivity contribution in [1.82, 2.24) is 0 Å². The summed E-state index contributed by atoms with van der Waals surface area (Å²) in [5.41, 5.74) is 1.18. The molecule has 0 saturated heterocycles. The van der Waals surface area contributed by atoms with Crippen LogP contribution in [-0.2, 0) is 6.42 Å². The predicted octanol–water partition coefficient (Wildman–Crippen LogP) is 2.87. The van der Waals surface area contributed by atoms with Crippen molar-refractivity contribution in [3.63, 3.8) is 0 Å². The van der Waals surface area contributed by atoms with Gasteiger partial charge in [-0.1, -0.05) is 6.92 Å². The van der Waals surface area contributed by atoms with Gasteiger partial charge in [0.1, 0.15) is 17.4 Å². The van der Waals surface area contributed by atoms with Gasteiger partial charge in [0.2, 0.25) is 5.88 Å². The number of furan rings is 2. The Balaban J connectivity index is 2.30. The summed E-state index contributed by atoms with van der Waals surface area (Å²) in [5, 5.41) is 11.6. The fourth-order valence-corrected chi connectivity index (χ4v) is 1.78. The lowest BCUT2D eigenvalue weighted by atomic mass is 10.1. The molecular weight excluding hydrogens is 232 g/mol. The predicted molar refractivity (Wildman–Crippen MR) is 64.2 cm³/mol. The highest BCUT2D eigenvalue weighted by molar-refractivity contribution is 6.02. The van der Waals surface area contributed by atoms with Crippen molar-refractivity contribution in [2.75, 3.05) is 5.32 Å². The lowest BCUT2D eigenvalue weighted by Crippen LogP contribution is -2.11. The maximum Gasteiger partial charge on any atom is 0.293 e. The molecule has 1 N–H and O–H groups in total. The van der Waals surface area contributed by atoms with Crippen LogP contribution in [-0.4, -0.2) is 5.91 Å². The van der Waals surface area contributed by atoms with Crippen molar-refractivity contribution in [3.8, 4) is 6.07 Å². The summed E-state index contributed by atoms with van der Waals surface area (Å²) in [4.78, 5) is 11.8. The number of hydrogen-bond acceptors (Lipinski definition) is 4. The van der Waals surface area contributed by atoms with Crippen LogP contribution in [0, 0.1) is 18.3 Å². The Morgan fingerprint density at radius 3 is 2.89 bits per heavy atom. The van der Waals surface area contributed by atoms with Crippen LogP contribution in [0.15, 0.2) is 27.2 Å². The molecule has 2 rings (SSSR count). The SMILES string of the molecule is CCc1c(C)oc(NC(=O)c2ccco2)c1C#N. The first kappa shape index (κ1) is 12.0. The zero-order chi connectivity index (χ0) is 13.1. The van der Waals surface area contributed by atoms with Gasteiger partial charge in [-0.05, 0) is 25.5 Å². The third-order valence-corrected chi connectivity index (χ3v) is 2.65. The Hall–Kier alpha value is -2.48. The van der Waals surface area contributed by atoms with E-state index in [1.165, 1.54) is 12.3 Å². The Morgan fingerprint density at radius 2 is 2.33 bits per heavy atom. The molecule has 5 heteroatoms. The van der Waals surface area contributed by atoms with E-state index in [-0.39, 0.29) is 11.6 Å². The van der Waals surface area contributed by atoms with Gasteiger partial charge in [0, 0.05) is 5.56 Å². The third kappa shape index (κ3) is 2.00. The van der Waals surface area contributed by atoms with E-state index in [1.54, 1.807) is 13.0 Å². The van der Waals surface area contributed by atoms with Crippen molar-refractivity contribution >= 4 is 11.8 Å². The second-order valence-corrected chi connectivity index (χ2v) is 3.74. The van der Waals surface area contributed by atoms with Crippen LogP contribution in [0.4, 0.5) is 5.88 Å². The van der Waals surface area contributed by atoms with Gasteiger partial charge in [-0.15, -0.1) is 0 Å². The van der Waals surface area contributed by atoms with Crippen molar-refractivity contribution < 1.29 is 13.6 Å². The molecule has 92 valence electrons. The van der Waals surface area contributed by atoms with Gasteiger partial charge in [-0.3, -0.25) is 10.1 Å². The van der Waals surface area contributed by atoms with E-state index in [0.29, 0.717) is 17.7 Å². The highest BCUT2D eigenvalue weighted by Crippen LogP contribution is 2.27. The molecular formula is C13H12N2O3. The standard InChI is InChI=1S/C13H12N2O3/c1-3-9-8(2)18-13(10(9)7-14)15-12(16)11-5-4-6-17-11/h4-6H,3H2,1-2H3,(H,15,16). The number of anilines is 1. The van der Waals surface area contributed by atoms with E-state index < -0.39 is 5.91 Å². The van der Waals surface area contributed by atoms with Crippen molar-refractivity contribution in [2.24, 2.45) is 0 Å². The normalized spacial score (nSPS) is 10.1. The summed E-state index contributed by atoms with van der Waals surface area (Å²) in [6, 6.07) is 5.20. The lowest BCUT2D eigenvalue weighted by Gasteiger charge is -1.99. The van der Waals surface area contributed by atoms with Gasteiger partial charge in [-0.2, -0.15) is 5.26 Å². The second kappa shape index (κ2) is 4.80. The maximum atomic E-state index is 11.8. The minimum atomic E-state index is -0.437. The van der Waals surface area contributed by atoms with Gasteiger partial charge in [0.05, 0.1) is 6.26 Å². The molecule has 0 fully saturated rings. The van der Waals surface area contributed by atoms with Crippen LogP contribution in [0.3, 0.4) is 0 Å². The molecule has 0 saturated carbocycles. The quantitative estimate of drug-likeness (QED) is 0.900. The molecule has 0 bridgehead atoms. The van der Waals surface area contributed by atoms with E-state index in [4.69, 9.17) is 14.1 Å². The van der Waals surface area contributed by atoms with Gasteiger partial charge in [0.15, 0.2) is 5.76 Å². The van der Waals surface area contributed by atoms with Crippen molar-refractivity contribution in [1.29, 1.82) is 5.26 Å². The van der Waals surface area contributed by atoms with E-state index in [0.717, 1.165) is 5.56 Å². The van der Waals surface area contributed by atoms with E-state index in [9.17, 15) is 4.79 Å². The molecule has 0 radical (unpaired) electrons. The Kier molecular flexibility index (Phi) is 3.20. The fraction of sp³-hybridized carbons (Fsp3) is 0.231. The van der Waals surface area contributed by atoms with Crippen LogP contribution < -0.4 is 5.32 Å². The topological polar surface area (TPSA) is 79.2 Å². The molecule has 18 heavy (non-hydrogen) atoms. The smallest absolute Gasteiger partial charge is 0.293 e. The van der Waals surface area contributed by atoms with Gasteiger partial charge in [0.25, 0.3) is 5.91 Å². The number of nitrogens with zero attached hydrogens (tertiary/aromatic N) is 1. The Bertz CT molecular complexity index is 603. The zero-order valence-electron chi connectivity index (χ0n) is 10.1. The average molecular weight is 244 g/mol. The number of nitrogens with one attached hydrogen (secondary N) is 1. The molecule has 2 aromatic rings. The first-order valence-electron chi connectivity index (χ1n) is 5.54. The number of carbonyl (C=O) groups is 1. The van der Waals surface area contributed by atoms with E-state index in [1.807, 2.05) is 13.0 Å². The number of nitriles is 1. The maximum absolute atomic E-state index is 11.8. The van der Waals surface area contributed by atoms with Gasteiger partial charge < -0.3 is 8.83 Å². The third-order valence-electron chi connectivity index (χ3n) is 2.65. The fourth-order valence-electron chi connectivity index (χ4n) is 1.78. The molecule has 0 aromatic carbocycles. The van der Waals surface area contributed by atoms with Crippen molar-refractivity contribution in [2.45, 2.75) is 20.3 Å².